The van der Waals surface area contributed by atoms with Crippen LogP contribution in [0.15, 0.2) is 34.0 Å². The zero-order valence-electron chi connectivity index (χ0n) is 12.7. The molecule has 0 aliphatic carbocycles. The van der Waals surface area contributed by atoms with E-state index >= 15 is 0 Å². The highest BCUT2D eigenvalue weighted by atomic mass is 79.9. The van der Waals surface area contributed by atoms with Gasteiger partial charge in [0, 0.05) is 39.2 Å². The van der Waals surface area contributed by atoms with Crippen LogP contribution in [-0.4, -0.2) is 36.6 Å². The molecule has 0 spiro atoms. The Morgan fingerprint density at radius 2 is 2.17 bits per heavy atom. The Morgan fingerprint density at radius 3 is 2.83 bits per heavy atom. The third kappa shape index (κ3) is 2.93. The minimum Gasteiger partial charge on any atom is -0.369 e. The molecule has 0 unspecified atom stereocenters. The minimum atomic E-state index is -0.690. The van der Waals surface area contributed by atoms with Crippen molar-refractivity contribution in [3.8, 4) is 10.4 Å². The van der Waals surface area contributed by atoms with Crippen molar-refractivity contribution in [1.29, 1.82) is 0 Å². The summed E-state index contributed by atoms with van der Waals surface area (Å²) in [4.78, 5) is 24.0. The summed E-state index contributed by atoms with van der Waals surface area (Å²) in [6, 6.07) is 3.83. The van der Waals surface area contributed by atoms with Crippen molar-refractivity contribution in [2.24, 2.45) is 10.7 Å². The van der Waals surface area contributed by atoms with Crippen LogP contribution in [0.5, 0.6) is 0 Å². The zero-order valence-corrected chi connectivity index (χ0v) is 15.1. The van der Waals surface area contributed by atoms with Gasteiger partial charge in [0.05, 0.1) is 6.42 Å². The van der Waals surface area contributed by atoms with Gasteiger partial charge in [0.25, 0.3) is 0 Å². The summed E-state index contributed by atoms with van der Waals surface area (Å²) >= 11 is 4.93. The van der Waals surface area contributed by atoms with E-state index in [1.807, 2.05) is 19.1 Å². The monoisotopic (exact) mass is 388 g/mol. The first-order chi connectivity index (χ1) is 10.8. The number of halogens is 1. The fourth-order valence-electron chi connectivity index (χ4n) is 2.48. The normalized spacial score (nSPS) is 21.4. The molecule has 0 saturated carbocycles. The van der Waals surface area contributed by atoms with E-state index in [9.17, 15) is 4.79 Å². The standard InChI is InChI=1S/C15H14BBrN4OS/c1-15(5-12(22)21(2)14(18)20-15)11-4-10(16)13(23-11)8-3-9(17)7-19-6-8/h3-4,6-7H,5H2,1-2H3,(H2,18,20)/t15-/m0/s1. The van der Waals surface area contributed by atoms with Gasteiger partial charge in [-0.3, -0.25) is 14.7 Å². The molecule has 2 radical (unpaired) electrons. The molecule has 23 heavy (non-hydrogen) atoms. The van der Waals surface area contributed by atoms with Crippen LogP contribution in [0.4, 0.5) is 0 Å². The second-order valence-electron chi connectivity index (χ2n) is 5.66. The number of hydrogen-bond donors (Lipinski definition) is 1. The number of hydrogen-bond acceptors (Lipinski definition) is 5. The first-order valence-corrected chi connectivity index (χ1v) is 8.54. The number of carbonyl (C=O) groups is 1. The van der Waals surface area contributed by atoms with Gasteiger partial charge in [-0.2, -0.15) is 0 Å². The van der Waals surface area contributed by atoms with Crippen molar-refractivity contribution in [2.75, 3.05) is 7.05 Å². The average Bonchev–Trinajstić information content (AvgIpc) is 2.87. The summed E-state index contributed by atoms with van der Waals surface area (Å²) < 4.78 is 0.882. The fraction of sp³-hybridized carbons (Fsp3) is 0.267. The Hall–Kier alpha value is -1.67. The topological polar surface area (TPSA) is 71.6 Å². The predicted molar refractivity (Wildman–Crippen MR) is 97.0 cm³/mol. The number of nitrogens with two attached hydrogens (primary N) is 1. The molecule has 0 saturated heterocycles. The second kappa shape index (κ2) is 5.76. The predicted octanol–water partition coefficient (Wildman–Crippen LogP) is 1.76. The van der Waals surface area contributed by atoms with Crippen LogP contribution in [0.1, 0.15) is 18.2 Å². The van der Waals surface area contributed by atoms with E-state index in [4.69, 9.17) is 13.6 Å². The third-order valence-corrected chi connectivity index (χ3v) is 5.72. The van der Waals surface area contributed by atoms with Gasteiger partial charge in [0.15, 0.2) is 5.96 Å². The molecule has 0 bridgehead atoms. The number of carbonyl (C=O) groups excluding carboxylic acids is 1. The Labute approximate surface area is 148 Å². The van der Waals surface area contributed by atoms with E-state index in [-0.39, 0.29) is 18.3 Å². The van der Waals surface area contributed by atoms with Gasteiger partial charge in [0.1, 0.15) is 13.4 Å². The number of aromatic nitrogens is 1. The van der Waals surface area contributed by atoms with Crippen molar-refractivity contribution in [3.05, 3.63) is 33.9 Å². The molecule has 3 rings (SSSR count). The lowest BCUT2D eigenvalue weighted by Crippen LogP contribution is -2.47. The maximum Gasteiger partial charge on any atom is 0.231 e. The summed E-state index contributed by atoms with van der Waals surface area (Å²) in [6.45, 7) is 1.90. The molecule has 0 fully saturated rings. The number of aliphatic imine (C=N–C) groups is 1. The molecule has 116 valence electrons. The first kappa shape index (κ1) is 16.2. The Bertz CT molecular complexity index is 822. The van der Waals surface area contributed by atoms with Crippen molar-refractivity contribution in [2.45, 2.75) is 18.9 Å². The van der Waals surface area contributed by atoms with Crippen LogP contribution in [0, 0.1) is 0 Å². The van der Waals surface area contributed by atoms with E-state index in [1.54, 1.807) is 19.4 Å². The van der Waals surface area contributed by atoms with E-state index in [0.29, 0.717) is 5.46 Å². The van der Waals surface area contributed by atoms with Crippen molar-refractivity contribution >= 4 is 52.4 Å². The molecule has 2 aromatic rings. The quantitative estimate of drug-likeness (QED) is 0.796. The highest BCUT2D eigenvalue weighted by Gasteiger charge is 2.37. The van der Waals surface area contributed by atoms with Gasteiger partial charge >= 0.3 is 0 Å². The SMILES string of the molecule is [B]c1cc([C@]2(C)CC(=O)N(C)C(N)=N2)sc1-c1cncc(Br)c1. The number of pyridine rings is 1. The molecule has 2 aromatic heterocycles. The molecule has 2 N–H and O–H groups in total. The molecule has 1 atom stereocenters. The highest BCUT2D eigenvalue weighted by molar-refractivity contribution is 9.10. The molecule has 8 heteroatoms. The summed E-state index contributed by atoms with van der Waals surface area (Å²) in [7, 11) is 7.81. The molecule has 1 aliphatic rings. The van der Waals surface area contributed by atoms with Crippen molar-refractivity contribution in [1.82, 2.24) is 9.88 Å². The molecular weight excluding hydrogens is 375 g/mol. The second-order valence-corrected chi connectivity index (χ2v) is 7.63. The number of nitrogens with zero attached hydrogens (tertiary/aromatic N) is 3. The van der Waals surface area contributed by atoms with Crippen LogP contribution in [-0.2, 0) is 10.3 Å². The highest BCUT2D eigenvalue weighted by Crippen LogP contribution is 2.39. The third-order valence-electron chi connectivity index (χ3n) is 3.83. The summed E-state index contributed by atoms with van der Waals surface area (Å²) in [5, 5.41) is 0. The molecule has 5 nitrogen and oxygen atoms in total. The van der Waals surface area contributed by atoms with Gasteiger partial charge in [-0.1, -0.05) is 11.5 Å². The summed E-state index contributed by atoms with van der Waals surface area (Å²) in [6.07, 6.45) is 3.74. The molecule has 1 amide bonds. The summed E-state index contributed by atoms with van der Waals surface area (Å²) in [5.74, 6) is 0.166. The van der Waals surface area contributed by atoms with Gasteiger partial charge in [0.2, 0.25) is 5.91 Å². The van der Waals surface area contributed by atoms with Crippen LogP contribution in [0.3, 0.4) is 0 Å². The first-order valence-electron chi connectivity index (χ1n) is 6.93. The Kier molecular flexibility index (Phi) is 4.06. The zero-order chi connectivity index (χ0) is 16.8. The van der Waals surface area contributed by atoms with Crippen LogP contribution >= 0.6 is 27.3 Å². The van der Waals surface area contributed by atoms with Gasteiger partial charge < -0.3 is 5.73 Å². The summed E-state index contributed by atoms with van der Waals surface area (Å²) in [5.41, 5.74) is 6.75. The molecule has 3 heterocycles. The minimum absolute atomic E-state index is 0.0577. The van der Waals surface area contributed by atoms with Crippen LogP contribution < -0.4 is 11.2 Å². The number of guanidine groups is 1. The van der Waals surface area contributed by atoms with E-state index in [1.165, 1.54) is 16.2 Å². The van der Waals surface area contributed by atoms with Crippen molar-refractivity contribution in [3.63, 3.8) is 0 Å². The lowest BCUT2D eigenvalue weighted by Gasteiger charge is -2.32. The smallest absolute Gasteiger partial charge is 0.231 e. The number of amides is 1. The Balaban J connectivity index is 2.06. The van der Waals surface area contributed by atoms with E-state index < -0.39 is 5.54 Å². The number of rotatable bonds is 2. The van der Waals surface area contributed by atoms with E-state index in [2.05, 4.69) is 25.9 Å². The lowest BCUT2D eigenvalue weighted by atomic mass is 9.89. The van der Waals surface area contributed by atoms with Gasteiger partial charge in [-0.15, -0.1) is 11.3 Å². The fourth-order valence-corrected chi connectivity index (χ4v) is 4.00. The Morgan fingerprint density at radius 1 is 1.43 bits per heavy atom. The molecule has 0 aromatic carbocycles. The van der Waals surface area contributed by atoms with Gasteiger partial charge in [-0.25, -0.2) is 4.99 Å². The lowest BCUT2D eigenvalue weighted by molar-refractivity contribution is -0.128. The van der Waals surface area contributed by atoms with E-state index in [0.717, 1.165) is 19.8 Å². The maximum atomic E-state index is 12.1. The van der Waals surface area contributed by atoms with Crippen molar-refractivity contribution < 1.29 is 4.79 Å². The number of thiophene rings is 1. The largest absolute Gasteiger partial charge is 0.369 e. The maximum absolute atomic E-state index is 12.1. The average molecular weight is 389 g/mol. The molecule has 1 aliphatic heterocycles. The van der Waals surface area contributed by atoms with Gasteiger partial charge in [-0.05, 0) is 28.9 Å². The van der Waals surface area contributed by atoms with Crippen LogP contribution in [0.2, 0.25) is 0 Å². The van der Waals surface area contributed by atoms with Crippen LogP contribution in [0.25, 0.3) is 10.4 Å². The molecular formula is C15H14BBrN4OS.